The first kappa shape index (κ1) is 24.5. The van der Waals surface area contributed by atoms with Crippen LogP contribution in [0.25, 0.3) is 93.1 Å². The number of hydrogen-bond donors (Lipinski definition) is 0. The van der Waals surface area contributed by atoms with E-state index in [2.05, 4.69) is 159 Å². The largest absolute Gasteiger partial charge is 0.309 e. The molecular weight excluding hydrogens is 582 g/mol. The van der Waals surface area contributed by atoms with Gasteiger partial charge in [-0.25, -0.2) is 0 Å². The van der Waals surface area contributed by atoms with Gasteiger partial charge in [0.1, 0.15) is 0 Å². The normalized spacial score (nSPS) is 12.5. The molecule has 0 saturated carbocycles. The van der Waals surface area contributed by atoms with Crippen LogP contribution in [0.2, 0.25) is 5.02 Å². The molecule has 3 nitrogen and oxygen atoms in total. The van der Waals surface area contributed by atoms with Crippen LogP contribution in [-0.2, 0) is 0 Å². The summed E-state index contributed by atoms with van der Waals surface area (Å²) in [6.45, 7) is 0. The molecule has 0 N–H and O–H groups in total. The Kier molecular flexibility index (Phi) is 4.64. The second-order valence-corrected chi connectivity index (χ2v) is 12.7. The Balaban J connectivity index is 1.33. The van der Waals surface area contributed by atoms with Gasteiger partial charge in [-0.1, -0.05) is 90.5 Å². The van der Waals surface area contributed by atoms with E-state index in [0.29, 0.717) is 0 Å². The molecular formula is C42H24ClN3. The summed E-state index contributed by atoms with van der Waals surface area (Å²) in [5.74, 6) is 0. The van der Waals surface area contributed by atoms with Crippen LogP contribution in [0.4, 0.5) is 0 Å². The summed E-state index contributed by atoms with van der Waals surface area (Å²) in [5.41, 5.74) is 10.6. The van der Waals surface area contributed by atoms with Crippen LogP contribution in [0.5, 0.6) is 0 Å². The second kappa shape index (κ2) is 8.69. The number of hydrogen-bond acceptors (Lipinski definition) is 0. The maximum atomic E-state index is 7.15. The SMILES string of the molecule is Clc1ccc2c3ccccc3n3c4cccc5c4c4c(cccc4n5-c4ccc5c(c4)c4ccccc4n5-c4ccccc4)c1c23. The number of fused-ring (bicyclic) bond motifs is 8. The molecule has 0 aliphatic rings. The zero-order valence-corrected chi connectivity index (χ0v) is 25.3. The standard InChI is InChI=1S/C42H24ClN3/c43-32-22-21-29-27-12-4-7-16-34(27)46-38-19-9-18-37-41(38)40-30(39(32)42(29)46)14-8-17-36(40)45(37)26-20-23-35-31(24-26)28-13-5-6-15-33(28)44(35)25-10-2-1-3-11-25/h1-24H. The van der Waals surface area contributed by atoms with Gasteiger partial charge < -0.3 is 13.5 Å². The first-order valence-corrected chi connectivity index (χ1v) is 16.0. The van der Waals surface area contributed by atoms with Crippen LogP contribution < -0.4 is 0 Å². The minimum atomic E-state index is 0.771. The van der Waals surface area contributed by atoms with Gasteiger partial charge in [-0.15, -0.1) is 0 Å². The Morgan fingerprint density at radius 1 is 0.348 bits per heavy atom. The van der Waals surface area contributed by atoms with Crippen LogP contribution in [0.15, 0.2) is 146 Å². The van der Waals surface area contributed by atoms with E-state index < -0.39 is 0 Å². The van der Waals surface area contributed by atoms with Crippen molar-refractivity contribution in [1.29, 1.82) is 0 Å². The lowest BCUT2D eigenvalue weighted by atomic mass is 10.0. The molecule has 0 fully saturated rings. The van der Waals surface area contributed by atoms with E-state index >= 15 is 0 Å². The van der Waals surface area contributed by atoms with Crippen molar-refractivity contribution >= 4 is 93.3 Å². The fraction of sp³-hybridized carbons (Fsp3) is 0. The lowest BCUT2D eigenvalue weighted by Gasteiger charge is -2.11. The Labute approximate surface area is 268 Å². The topological polar surface area (TPSA) is 14.3 Å². The molecule has 11 rings (SSSR count). The number of nitrogens with zero attached hydrogens (tertiary/aromatic N) is 3. The van der Waals surface area contributed by atoms with Crippen molar-refractivity contribution in [2.75, 3.05) is 0 Å². The van der Waals surface area contributed by atoms with E-state index in [-0.39, 0.29) is 0 Å². The molecule has 4 heteroatoms. The highest BCUT2D eigenvalue weighted by Gasteiger charge is 2.23. The summed E-state index contributed by atoms with van der Waals surface area (Å²) >= 11 is 7.15. The second-order valence-electron chi connectivity index (χ2n) is 12.3. The first-order valence-electron chi connectivity index (χ1n) is 15.7. The molecule has 4 heterocycles. The molecule has 7 aromatic carbocycles. The Hall–Kier alpha value is -5.77. The molecule has 11 aromatic rings. The van der Waals surface area contributed by atoms with Gasteiger partial charge in [-0.2, -0.15) is 0 Å². The van der Waals surface area contributed by atoms with E-state index in [9.17, 15) is 0 Å². The summed E-state index contributed by atoms with van der Waals surface area (Å²) in [4.78, 5) is 0. The molecule has 0 amide bonds. The van der Waals surface area contributed by atoms with Gasteiger partial charge in [0.15, 0.2) is 0 Å². The van der Waals surface area contributed by atoms with Gasteiger partial charge in [0.05, 0.1) is 43.6 Å². The minimum absolute atomic E-state index is 0.771. The maximum absolute atomic E-state index is 7.15. The lowest BCUT2D eigenvalue weighted by Crippen LogP contribution is -1.96. The fourth-order valence-electron chi connectivity index (χ4n) is 8.26. The van der Waals surface area contributed by atoms with Crippen molar-refractivity contribution < 1.29 is 0 Å². The Bertz CT molecular complexity index is 3030. The predicted octanol–water partition coefficient (Wildman–Crippen LogP) is 11.7. The molecule has 214 valence electrons. The third-order valence-electron chi connectivity index (χ3n) is 10.0. The van der Waals surface area contributed by atoms with Gasteiger partial charge in [0.2, 0.25) is 0 Å². The third-order valence-corrected chi connectivity index (χ3v) is 10.3. The summed E-state index contributed by atoms with van der Waals surface area (Å²) in [6, 6.07) is 52.6. The molecule has 46 heavy (non-hydrogen) atoms. The molecule has 0 bridgehead atoms. The van der Waals surface area contributed by atoms with Crippen molar-refractivity contribution in [3.63, 3.8) is 0 Å². The highest BCUT2D eigenvalue weighted by molar-refractivity contribution is 6.41. The van der Waals surface area contributed by atoms with Crippen LogP contribution in [-0.4, -0.2) is 13.5 Å². The predicted molar refractivity (Wildman–Crippen MR) is 195 cm³/mol. The van der Waals surface area contributed by atoms with E-state index in [1.165, 1.54) is 76.3 Å². The number of benzene rings is 7. The van der Waals surface area contributed by atoms with Crippen molar-refractivity contribution in [2.45, 2.75) is 0 Å². The van der Waals surface area contributed by atoms with Crippen LogP contribution >= 0.6 is 11.6 Å². The van der Waals surface area contributed by atoms with Crippen molar-refractivity contribution in [3.05, 3.63) is 151 Å². The van der Waals surface area contributed by atoms with Gasteiger partial charge in [0.25, 0.3) is 0 Å². The quantitative estimate of drug-likeness (QED) is 0.186. The summed E-state index contributed by atoms with van der Waals surface area (Å²) in [6.07, 6.45) is 0. The van der Waals surface area contributed by atoms with Gasteiger partial charge in [0, 0.05) is 49.1 Å². The van der Waals surface area contributed by atoms with Crippen LogP contribution in [0, 0.1) is 0 Å². The molecule has 4 aromatic heterocycles. The number of rotatable bonds is 2. The molecule has 0 aliphatic heterocycles. The van der Waals surface area contributed by atoms with E-state index in [0.717, 1.165) is 21.8 Å². The van der Waals surface area contributed by atoms with E-state index in [1.807, 2.05) is 0 Å². The number of aromatic nitrogens is 3. The molecule has 0 radical (unpaired) electrons. The average molecular weight is 606 g/mol. The van der Waals surface area contributed by atoms with Crippen molar-refractivity contribution in [2.24, 2.45) is 0 Å². The summed E-state index contributed by atoms with van der Waals surface area (Å²) < 4.78 is 7.25. The first-order chi connectivity index (χ1) is 22.8. The number of halogens is 1. The summed E-state index contributed by atoms with van der Waals surface area (Å²) in [5, 5.41) is 10.5. The zero-order chi connectivity index (χ0) is 30.1. The van der Waals surface area contributed by atoms with Crippen molar-refractivity contribution in [3.8, 4) is 11.4 Å². The third kappa shape index (κ3) is 2.94. The Morgan fingerprint density at radius 3 is 1.80 bits per heavy atom. The van der Waals surface area contributed by atoms with E-state index in [1.54, 1.807) is 0 Å². The fourth-order valence-corrected chi connectivity index (χ4v) is 8.51. The molecule has 0 spiro atoms. The van der Waals surface area contributed by atoms with Crippen LogP contribution in [0.1, 0.15) is 0 Å². The van der Waals surface area contributed by atoms with Gasteiger partial charge in [-0.05, 0) is 72.1 Å². The molecule has 0 saturated heterocycles. The van der Waals surface area contributed by atoms with Crippen LogP contribution in [0.3, 0.4) is 0 Å². The molecule has 0 atom stereocenters. The molecule has 0 aliphatic carbocycles. The van der Waals surface area contributed by atoms with Gasteiger partial charge >= 0.3 is 0 Å². The van der Waals surface area contributed by atoms with E-state index in [4.69, 9.17) is 11.6 Å². The van der Waals surface area contributed by atoms with Gasteiger partial charge in [-0.3, -0.25) is 0 Å². The van der Waals surface area contributed by atoms with Crippen molar-refractivity contribution in [1.82, 2.24) is 13.5 Å². The summed E-state index contributed by atoms with van der Waals surface area (Å²) in [7, 11) is 0. The minimum Gasteiger partial charge on any atom is -0.309 e. The number of para-hydroxylation sites is 3. The smallest absolute Gasteiger partial charge is 0.0634 e. The molecule has 0 unspecified atom stereocenters. The maximum Gasteiger partial charge on any atom is 0.0634 e. The lowest BCUT2D eigenvalue weighted by molar-refractivity contribution is 1.17. The monoisotopic (exact) mass is 605 g/mol. The Morgan fingerprint density at radius 2 is 0.957 bits per heavy atom. The average Bonchev–Trinajstić information content (AvgIpc) is 3.71. The highest BCUT2D eigenvalue weighted by Crippen LogP contribution is 2.46. The highest BCUT2D eigenvalue weighted by atomic mass is 35.5. The zero-order valence-electron chi connectivity index (χ0n) is 24.6.